The average molecular weight is 467 g/mol. The molecule has 3 rings (SSSR count). The molecule has 2 aromatic rings. The summed E-state index contributed by atoms with van der Waals surface area (Å²) in [5, 5.41) is 22.3. The van der Waals surface area contributed by atoms with Crippen LogP contribution >= 0.6 is 11.6 Å². The molecule has 1 saturated carbocycles. The molecule has 2 aromatic carbocycles. The average Bonchev–Trinajstić information content (AvgIpc) is 3.52. The van der Waals surface area contributed by atoms with Crippen LogP contribution in [0.1, 0.15) is 34.7 Å². The van der Waals surface area contributed by atoms with E-state index < -0.39 is 54.5 Å². The standard InChI is InChI=1S/C19H15ClN2O8S/c1-31(29,30)12-5-7-13(15(20)9-12)19(24)17(18(23)10-2-3-10)14-6-4-11(21(25)26)8-16(14)22(27)28/h4-10,17H,2-3H2,1H3. The molecule has 0 aromatic heterocycles. The molecule has 12 heteroatoms. The number of benzene rings is 2. The van der Waals surface area contributed by atoms with Crippen molar-refractivity contribution >= 4 is 44.4 Å². The van der Waals surface area contributed by atoms with Crippen LogP contribution in [0.3, 0.4) is 0 Å². The van der Waals surface area contributed by atoms with Gasteiger partial charge >= 0.3 is 0 Å². The summed E-state index contributed by atoms with van der Waals surface area (Å²) in [4.78, 5) is 46.9. The van der Waals surface area contributed by atoms with Gasteiger partial charge in [-0.3, -0.25) is 29.8 Å². The maximum atomic E-state index is 13.3. The van der Waals surface area contributed by atoms with Gasteiger partial charge in [0.2, 0.25) is 0 Å². The van der Waals surface area contributed by atoms with Crippen LogP contribution in [-0.4, -0.2) is 36.1 Å². The Morgan fingerprint density at radius 3 is 2.19 bits per heavy atom. The molecule has 162 valence electrons. The van der Waals surface area contributed by atoms with E-state index >= 15 is 0 Å². The molecule has 1 atom stereocenters. The highest BCUT2D eigenvalue weighted by Crippen LogP contribution is 2.41. The van der Waals surface area contributed by atoms with Gasteiger partial charge in [-0.25, -0.2) is 8.42 Å². The molecule has 10 nitrogen and oxygen atoms in total. The van der Waals surface area contributed by atoms with Gasteiger partial charge in [0.25, 0.3) is 11.4 Å². The number of sulfone groups is 1. The van der Waals surface area contributed by atoms with Crippen LogP contribution in [0.25, 0.3) is 0 Å². The molecule has 0 heterocycles. The van der Waals surface area contributed by atoms with Gasteiger partial charge in [0, 0.05) is 29.4 Å². The lowest BCUT2D eigenvalue weighted by Gasteiger charge is -2.16. The van der Waals surface area contributed by atoms with Gasteiger partial charge in [-0.1, -0.05) is 11.6 Å². The van der Waals surface area contributed by atoms with E-state index in [0.29, 0.717) is 18.9 Å². The summed E-state index contributed by atoms with van der Waals surface area (Å²) in [5.74, 6) is -3.46. The number of carbonyl (C=O) groups is 2. The van der Waals surface area contributed by atoms with Crippen LogP contribution in [-0.2, 0) is 14.6 Å². The number of nitro benzene ring substituents is 2. The van der Waals surface area contributed by atoms with E-state index in [1.54, 1.807) is 0 Å². The van der Waals surface area contributed by atoms with Gasteiger partial charge in [-0.05, 0) is 37.1 Å². The molecule has 1 unspecified atom stereocenters. The molecule has 0 aliphatic heterocycles. The number of non-ortho nitro benzene ring substituents is 1. The summed E-state index contributed by atoms with van der Waals surface area (Å²) in [6.07, 6.45) is 1.99. The number of rotatable bonds is 8. The number of halogens is 1. The highest BCUT2D eigenvalue weighted by molar-refractivity contribution is 7.90. The lowest BCUT2D eigenvalue weighted by atomic mass is 9.84. The van der Waals surface area contributed by atoms with Crippen LogP contribution in [0, 0.1) is 26.1 Å². The first-order valence-corrected chi connectivity index (χ1v) is 11.2. The van der Waals surface area contributed by atoms with E-state index in [-0.39, 0.29) is 21.0 Å². The van der Waals surface area contributed by atoms with Crippen LogP contribution in [0.4, 0.5) is 11.4 Å². The van der Waals surface area contributed by atoms with E-state index in [2.05, 4.69) is 0 Å². The molecule has 0 bridgehead atoms. The Bertz CT molecular complexity index is 1240. The molecule has 0 saturated heterocycles. The first-order chi connectivity index (χ1) is 14.4. The second-order valence-electron chi connectivity index (χ2n) is 7.15. The van der Waals surface area contributed by atoms with Crippen molar-refractivity contribution in [1.82, 2.24) is 0 Å². The predicted molar refractivity (Wildman–Crippen MR) is 109 cm³/mol. The molecule has 0 amide bonds. The summed E-state index contributed by atoms with van der Waals surface area (Å²) >= 11 is 6.11. The minimum absolute atomic E-state index is 0.138. The number of ketones is 2. The van der Waals surface area contributed by atoms with Crippen LogP contribution in [0.2, 0.25) is 5.02 Å². The number of hydrogen-bond acceptors (Lipinski definition) is 8. The molecule has 1 fully saturated rings. The van der Waals surface area contributed by atoms with E-state index in [9.17, 15) is 38.2 Å². The van der Waals surface area contributed by atoms with Gasteiger partial charge in [0.15, 0.2) is 21.4 Å². The van der Waals surface area contributed by atoms with Gasteiger partial charge in [-0.15, -0.1) is 0 Å². The van der Waals surface area contributed by atoms with Crippen LogP contribution in [0.15, 0.2) is 41.3 Å². The quantitative estimate of drug-likeness (QED) is 0.247. The Balaban J connectivity index is 2.16. The van der Waals surface area contributed by atoms with E-state index in [1.165, 1.54) is 0 Å². The molecular weight excluding hydrogens is 452 g/mol. The fourth-order valence-electron chi connectivity index (χ4n) is 3.16. The third kappa shape index (κ3) is 4.62. The molecular formula is C19H15ClN2O8S. The molecule has 31 heavy (non-hydrogen) atoms. The maximum Gasteiger partial charge on any atom is 0.280 e. The topological polar surface area (TPSA) is 155 Å². The SMILES string of the molecule is CS(=O)(=O)c1ccc(C(=O)C(C(=O)C2CC2)c2ccc([N+](=O)[O-])cc2[N+](=O)[O-])c(Cl)c1. The zero-order chi connectivity index (χ0) is 23.1. The molecule has 1 aliphatic rings. The highest BCUT2D eigenvalue weighted by Gasteiger charge is 2.43. The zero-order valence-electron chi connectivity index (χ0n) is 16.0. The Labute approximate surface area is 181 Å². The zero-order valence-corrected chi connectivity index (χ0v) is 17.6. The number of hydrogen-bond donors (Lipinski definition) is 0. The second kappa shape index (κ2) is 8.16. The largest absolute Gasteiger partial charge is 0.298 e. The monoisotopic (exact) mass is 466 g/mol. The summed E-state index contributed by atoms with van der Waals surface area (Å²) in [5.41, 5.74) is -1.75. The fraction of sp³-hybridized carbons (Fsp3) is 0.263. The fourth-order valence-corrected chi connectivity index (χ4v) is 4.14. The van der Waals surface area contributed by atoms with E-state index in [0.717, 1.165) is 36.6 Å². The highest BCUT2D eigenvalue weighted by atomic mass is 35.5. The van der Waals surface area contributed by atoms with Crippen LogP contribution < -0.4 is 0 Å². The Morgan fingerprint density at radius 2 is 1.71 bits per heavy atom. The molecule has 0 N–H and O–H groups in total. The maximum absolute atomic E-state index is 13.3. The van der Waals surface area contributed by atoms with Crippen molar-refractivity contribution in [3.8, 4) is 0 Å². The summed E-state index contributed by atoms with van der Waals surface area (Å²) < 4.78 is 23.4. The Hall–Kier alpha value is -3.18. The van der Waals surface area contributed by atoms with E-state index in [4.69, 9.17) is 11.6 Å². The smallest absolute Gasteiger partial charge is 0.280 e. The van der Waals surface area contributed by atoms with Crippen molar-refractivity contribution in [3.05, 3.63) is 72.8 Å². The van der Waals surface area contributed by atoms with Crippen molar-refractivity contribution in [2.24, 2.45) is 5.92 Å². The summed E-state index contributed by atoms with van der Waals surface area (Å²) in [6.45, 7) is 0. The lowest BCUT2D eigenvalue weighted by Crippen LogP contribution is -2.25. The van der Waals surface area contributed by atoms with Crippen LogP contribution in [0.5, 0.6) is 0 Å². The minimum atomic E-state index is -3.61. The van der Waals surface area contributed by atoms with Gasteiger partial charge in [0.05, 0.1) is 25.8 Å². The third-order valence-corrected chi connectivity index (χ3v) is 6.32. The predicted octanol–water partition coefficient (Wildman–Crippen LogP) is 3.51. The number of nitro groups is 2. The summed E-state index contributed by atoms with van der Waals surface area (Å²) in [6, 6.07) is 6.06. The minimum Gasteiger partial charge on any atom is -0.298 e. The Kier molecular flexibility index (Phi) is 5.92. The van der Waals surface area contributed by atoms with Crippen molar-refractivity contribution < 1.29 is 27.9 Å². The molecule has 1 aliphatic carbocycles. The van der Waals surface area contributed by atoms with Gasteiger partial charge < -0.3 is 0 Å². The first-order valence-electron chi connectivity index (χ1n) is 8.92. The third-order valence-electron chi connectivity index (χ3n) is 4.89. The first kappa shape index (κ1) is 22.5. The normalized spacial score (nSPS) is 14.6. The van der Waals surface area contributed by atoms with Crippen molar-refractivity contribution in [3.63, 3.8) is 0 Å². The van der Waals surface area contributed by atoms with Crippen molar-refractivity contribution in [2.45, 2.75) is 23.7 Å². The lowest BCUT2D eigenvalue weighted by molar-refractivity contribution is -0.394. The number of carbonyl (C=O) groups excluding carboxylic acids is 2. The van der Waals surface area contributed by atoms with Crippen molar-refractivity contribution in [2.75, 3.05) is 6.26 Å². The van der Waals surface area contributed by atoms with E-state index in [1.807, 2.05) is 0 Å². The Morgan fingerprint density at radius 1 is 1.06 bits per heavy atom. The van der Waals surface area contributed by atoms with Gasteiger partial charge in [0.1, 0.15) is 5.92 Å². The summed E-state index contributed by atoms with van der Waals surface area (Å²) in [7, 11) is -3.61. The molecule has 0 spiro atoms. The number of Topliss-reactive ketones (excluding diaryl/α,β-unsaturated/α-hetero) is 2. The second-order valence-corrected chi connectivity index (χ2v) is 9.57. The van der Waals surface area contributed by atoms with Crippen molar-refractivity contribution in [1.29, 1.82) is 0 Å². The molecule has 0 radical (unpaired) electrons. The number of nitrogens with zero attached hydrogens (tertiary/aromatic N) is 2. The van der Waals surface area contributed by atoms with Gasteiger partial charge in [-0.2, -0.15) is 0 Å².